The van der Waals surface area contributed by atoms with Gasteiger partial charge in [-0.25, -0.2) is 0 Å². The van der Waals surface area contributed by atoms with Crippen molar-refractivity contribution < 1.29 is 0 Å². The molecule has 2 N–H and O–H groups in total. The van der Waals surface area contributed by atoms with Crippen LogP contribution in [-0.4, -0.2) is 9.59 Å². The number of aryl methyl sites for hydroxylation is 1. The quantitative estimate of drug-likeness (QED) is 0.863. The minimum atomic E-state index is -0.234. The fourth-order valence-corrected chi connectivity index (χ4v) is 3.09. The summed E-state index contributed by atoms with van der Waals surface area (Å²) < 4.78 is 4.00. The van der Waals surface area contributed by atoms with Crippen LogP contribution in [0.2, 0.25) is 0 Å². The van der Waals surface area contributed by atoms with Crippen LogP contribution in [0.5, 0.6) is 0 Å². The highest BCUT2D eigenvalue weighted by Crippen LogP contribution is 2.34. The van der Waals surface area contributed by atoms with Crippen molar-refractivity contribution in [1.82, 2.24) is 9.59 Å². The second-order valence-corrected chi connectivity index (χ2v) is 5.18. The molecule has 2 aromatic rings. The average Bonchev–Trinajstić information content (AvgIpc) is 2.77. The first-order valence-electron chi connectivity index (χ1n) is 5.42. The molecule has 1 unspecified atom stereocenters. The number of nitrogens with zero attached hydrogens (tertiary/aromatic N) is 2. The molecule has 0 amide bonds. The zero-order valence-electron chi connectivity index (χ0n) is 9.30. The van der Waals surface area contributed by atoms with Gasteiger partial charge in [0, 0.05) is 12.0 Å². The van der Waals surface area contributed by atoms with E-state index in [0.717, 1.165) is 25.0 Å². The van der Waals surface area contributed by atoms with E-state index in [4.69, 9.17) is 5.73 Å². The molecule has 0 saturated carbocycles. The Kier molecular flexibility index (Phi) is 3.47. The van der Waals surface area contributed by atoms with E-state index in [1.807, 2.05) is 18.2 Å². The zero-order valence-corrected chi connectivity index (χ0v) is 10.9. The maximum absolute atomic E-state index is 6.51. The van der Waals surface area contributed by atoms with Crippen molar-refractivity contribution in [2.24, 2.45) is 5.73 Å². The molecule has 5 heteroatoms. The van der Waals surface area contributed by atoms with Crippen molar-refractivity contribution in [3.63, 3.8) is 0 Å². The molecule has 1 aliphatic rings. The molecule has 17 heavy (non-hydrogen) atoms. The third kappa shape index (κ3) is 2.20. The van der Waals surface area contributed by atoms with Crippen molar-refractivity contribution in [3.8, 4) is 0 Å². The molecule has 0 bridgehead atoms. The second-order valence-electron chi connectivity index (χ2n) is 4.34. The van der Waals surface area contributed by atoms with E-state index in [9.17, 15) is 0 Å². The minimum Gasteiger partial charge on any atom is -0.321 e. The number of hydrogen-bond donors (Lipinski definition) is 1. The van der Waals surface area contributed by atoms with E-state index >= 15 is 0 Å². The second kappa shape index (κ2) is 4.72. The zero-order chi connectivity index (χ0) is 11.0. The number of benzene rings is 1. The predicted octanol–water partition coefficient (Wildman–Crippen LogP) is 2.30. The number of aromatic nitrogens is 2. The van der Waals surface area contributed by atoms with Gasteiger partial charge in [0.1, 0.15) is 0 Å². The van der Waals surface area contributed by atoms with E-state index in [1.54, 1.807) is 0 Å². The standard InChI is InChI=1S/C12H13N3S.ClH/c13-12(9-4-2-1-3-5-9)7-6-10-11(8-12)16-15-14-10;/h1-5H,6-8,13H2;1H. The monoisotopic (exact) mass is 267 g/mol. The van der Waals surface area contributed by atoms with Crippen LogP contribution in [0.25, 0.3) is 0 Å². The molecule has 0 spiro atoms. The van der Waals surface area contributed by atoms with Gasteiger partial charge in [-0.05, 0) is 29.9 Å². The first-order chi connectivity index (χ1) is 7.78. The maximum atomic E-state index is 6.51. The Morgan fingerprint density at radius 1 is 1.24 bits per heavy atom. The summed E-state index contributed by atoms with van der Waals surface area (Å²) in [7, 11) is 0. The molecule has 0 radical (unpaired) electrons. The molecule has 1 heterocycles. The molecule has 90 valence electrons. The van der Waals surface area contributed by atoms with Gasteiger partial charge in [0.2, 0.25) is 0 Å². The van der Waals surface area contributed by atoms with Gasteiger partial charge in [-0.1, -0.05) is 34.8 Å². The molecular formula is C12H14ClN3S. The average molecular weight is 268 g/mol. The van der Waals surface area contributed by atoms with Gasteiger partial charge in [-0.2, -0.15) is 0 Å². The molecular weight excluding hydrogens is 254 g/mol. The third-order valence-corrected chi connectivity index (χ3v) is 4.03. The Morgan fingerprint density at radius 2 is 2.00 bits per heavy atom. The predicted molar refractivity (Wildman–Crippen MR) is 71.5 cm³/mol. The van der Waals surface area contributed by atoms with E-state index in [1.165, 1.54) is 22.0 Å². The van der Waals surface area contributed by atoms with Crippen molar-refractivity contribution in [1.29, 1.82) is 0 Å². The lowest BCUT2D eigenvalue weighted by atomic mass is 9.79. The van der Waals surface area contributed by atoms with E-state index in [0.29, 0.717) is 0 Å². The van der Waals surface area contributed by atoms with Crippen LogP contribution in [0.4, 0.5) is 0 Å². The van der Waals surface area contributed by atoms with Gasteiger partial charge in [-0.3, -0.25) is 0 Å². The summed E-state index contributed by atoms with van der Waals surface area (Å²) in [5.41, 5.74) is 8.63. The fraction of sp³-hybridized carbons (Fsp3) is 0.333. The molecule has 1 aromatic carbocycles. The molecule has 0 aliphatic heterocycles. The number of hydrogen-bond acceptors (Lipinski definition) is 4. The molecule has 1 aromatic heterocycles. The fourth-order valence-electron chi connectivity index (χ4n) is 2.28. The van der Waals surface area contributed by atoms with Crippen LogP contribution in [0, 0.1) is 0 Å². The SMILES string of the molecule is Cl.NC1(c2ccccc2)CCc2nnsc2C1. The summed E-state index contributed by atoms with van der Waals surface area (Å²) in [5, 5.41) is 4.13. The number of nitrogens with two attached hydrogens (primary N) is 1. The molecule has 3 rings (SSSR count). The summed E-state index contributed by atoms with van der Waals surface area (Å²) in [5.74, 6) is 0. The van der Waals surface area contributed by atoms with Crippen molar-refractivity contribution in [2.45, 2.75) is 24.8 Å². The minimum absolute atomic E-state index is 0. The number of fused-ring (bicyclic) bond motifs is 1. The van der Waals surface area contributed by atoms with Gasteiger partial charge in [0.15, 0.2) is 0 Å². The Bertz CT molecular complexity index is 499. The molecule has 1 aliphatic carbocycles. The summed E-state index contributed by atoms with van der Waals surface area (Å²) in [6, 6.07) is 10.3. The highest BCUT2D eigenvalue weighted by molar-refractivity contribution is 7.05. The van der Waals surface area contributed by atoms with E-state index in [2.05, 4.69) is 21.7 Å². The summed E-state index contributed by atoms with van der Waals surface area (Å²) >= 11 is 1.48. The highest BCUT2D eigenvalue weighted by atomic mass is 35.5. The summed E-state index contributed by atoms with van der Waals surface area (Å²) in [4.78, 5) is 1.25. The largest absolute Gasteiger partial charge is 0.321 e. The van der Waals surface area contributed by atoms with Crippen LogP contribution >= 0.6 is 23.9 Å². The van der Waals surface area contributed by atoms with Crippen LogP contribution in [0.15, 0.2) is 30.3 Å². The topological polar surface area (TPSA) is 51.8 Å². The molecule has 1 atom stereocenters. The lowest BCUT2D eigenvalue weighted by Gasteiger charge is -2.32. The van der Waals surface area contributed by atoms with Gasteiger partial charge in [0.25, 0.3) is 0 Å². The molecule has 0 fully saturated rings. The molecule has 3 nitrogen and oxygen atoms in total. The van der Waals surface area contributed by atoms with Crippen LogP contribution in [0.3, 0.4) is 0 Å². The first kappa shape index (κ1) is 12.5. The Hall–Kier alpha value is -0.970. The van der Waals surface area contributed by atoms with E-state index in [-0.39, 0.29) is 17.9 Å². The van der Waals surface area contributed by atoms with E-state index < -0.39 is 0 Å². The van der Waals surface area contributed by atoms with Crippen LogP contribution in [-0.2, 0) is 18.4 Å². The number of halogens is 1. The Labute approximate surface area is 111 Å². The highest BCUT2D eigenvalue weighted by Gasteiger charge is 2.33. The van der Waals surface area contributed by atoms with Crippen molar-refractivity contribution in [3.05, 3.63) is 46.5 Å². The summed E-state index contributed by atoms with van der Waals surface area (Å²) in [6.45, 7) is 0. The van der Waals surface area contributed by atoms with Crippen molar-refractivity contribution >= 4 is 23.9 Å². The van der Waals surface area contributed by atoms with Gasteiger partial charge < -0.3 is 5.73 Å². The van der Waals surface area contributed by atoms with Crippen LogP contribution in [0.1, 0.15) is 22.6 Å². The Morgan fingerprint density at radius 3 is 2.76 bits per heavy atom. The van der Waals surface area contributed by atoms with Crippen molar-refractivity contribution in [2.75, 3.05) is 0 Å². The maximum Gasteiger partial charge on any atom is 0.0789 e. The van der Waals surface area contributed by atoms with Gasteiger partial charge in [-0.15, -0.1) is 17.5 Å². The number of rotatable bonds is 1. The lowest BCUT2D eigenvalue weighted by Crippen LogP contribution is -2.41. The van der Waals surface area contributed by atoms with Crippen LogP contribution < -0.4 is 5.73 Å². The lowest BCUT2D eigenvalue weighted by molar-refractivity contribution is 0.386. The summed E-state index contributed by atoms with van der Waals surface area (Å²) in [6.07, 6.45) is 2.76. The smallest absolute Gasteiger partial charge is 0.0789 e. The van der Waals surface area contributed by atoms with Gasteiger partial charge >= 0.3 is 0 Å². The Balaban J connectivity index is 0.00000108. The first-order valence-corrected chi connectivity index (χ1v) is 6.20. The molecule has 0 saturated heterocycles. The third-order valence-electron chi connectivity index (χ3n) is 3.27. The van der Waals surface area contributed by atoms with Gasteiger partial charge in [0.05, 0.1) is 10.6 Å². The normalized spacial score (nSPS) is 22.6.